The van der Waals surface area contributed by atoms with Gasteiger partial charge in [-0.1, -0.05) is 6.07 Å². The van der Waals surface area contributed by atoms with Crippen molar-refractivity contribution in [1.82, 2.24) is 10.3 Å². The zero-order valence-corrected chi connectivity index (χ0v) is 11.1. The Bertz CT molecular complexity index is 554. The number of fused-ring (bicyclic) bond motifs is 1. The average molecular weight is 254 g/mol. The fourth-order valence-corrected chi connectivity index (χ4v) is 2.66. The SMILES string of the molecule is COc1ccc2c(c1)C(NCc1ccncc1)CC2. The highest BCUT2D eigenvalue weighted by Gasteiger charge is 2.22. The molecule has 1 heterocycles. The molecule has 98 valence electrons. The van der Waals surface area contributed by atoms with E-state index in [-0.39, 0.29) is 0 Å². The van der Waals surface area contributed by atoms with Crippen LogP contribution in [0.2, 0.25) is 0 Å². The van der Waals surface area contributed by atoms with E-state index in [0.29, 0.717) is 6.04 Å². The van der Waals surface area contributed by atoms with E-state index in [4.69, 9.17) is 4.74 Å². The Morgan fingerprint density at radius 3 is 2.89 bits per heavy atom. The molecule has 1 aliphatic rings. The second kappa shape index (κ2) is 5.41. The second-order valence-electron chi connectivity index (χ2n) is 4.89. The minimum Gasteiger partial charge on any atom is -0.497 e. The maximum Gasteiger partial charge on any atom is 0.119 e. The summed E-state index contributed by atoms with van der Waals surface area (Å²) in [7, 11) is 1.72. The van der Waals surface area contributed by atoms with Crippen molar-refractivity contribution in [3.05, 3.63) is 59.4 Å². The Hall–Kier alpha value is -1.87. The van der Waals surface area contributed by atoms with Gasteiger partial charge in [-0.3, -0.25) is 4.98 Å². The zero-order valence-electron chi connectivity index (χ0n) is 11.1. The van der Waals surface area contributed by atoms with Gasteiger partial charge in [0.1, 0.15) is 5.75 Å². The molecule has 2 aromatic rings. The highest BCUT2D eigenvalue weighted by Crippen LogP contribution is 2.33. The number of benzene rings is 1. The second-order valence-corrected chi connectivity index (χ2v) is 4.89. The first kappa shape index (κ1) is 12.2. The molecule has 0 fully saturated rings. The highest BCUT2D eigenvalue weighted by atomic mass is 16.5. The molecule has 1 unspecified atom stereocenters. The predicted octanol–water partition coefficient (Wildman–Crippen LogP) is 2.87. The zero-order chi connectivity index (χ0) is 13.1. The first-order valence-electron chi connectivity index (χ1n) is 6.66. The third-order valence-electron chi connectivity index (χ3n) is 3.73. The Labute approximate surface area is 113 Å². The van der Waals surface area contributed by atoms with Gasteiger partial charge in [-0.05, 0) is 53.8 Å². The Kier molecular flexibility index (Phi) is 3.47. The topological polar surface area (TPSA) is 34.1 Å². The maximum absolute atomic E-state index is 5.31. The summed E-state index contributed by atoms with van der Waals surface area (Å²) in [5.41, 5.74) is 4.09. The van der Waals surface area contributed by atoms with Crippen molar-refractivity contribution in [3.8, 4) is 5.75 Å². The summed E-state index contributed by atoms with van der Waals surface area (Å²) in [4.78, 5) is 4.04. The van der Waals surface area contributed by atoms with Crippen molar-refractivity contribution in [2.24, 2.45) is 0 Å². The standard InChI is InChI=1S/C16H18N2O/c1-19-14-4-2-13-3-5-16(15(13)10-14)18-11-12-6-8-17-9-7-12/h2,4,6-10,16,18H,3,5,11H2,1H3. The molecule has 1 aromatic carbocycles. The van der Waals surface area contributed by atoms with E-state index in [1.165, 1.54) is 16.7 Å². The molecular weight excluding hydrogens is 236 g/mol. The number of aromatic nitrogens is 1. The third kappa shape index (κ3) is 2.61. The number of methoxy groups -OCH3 is 1. The van der Waals surface area contributed by atoms with Crippen LogP contribution >= 0.6 is 0 Å². The lowest BCUT2D eigenvalue weighted by Gasteiger charge is -2.14. The first-order valence-corrected chi connectivity index (χ1v) is 6.66. The number of ether oxygens (including phenoxy) is 1. The number of hydrogen-bond donors (Lipinski definition) is 1. The monoisotopic (exact) mass is 254 g/mol. The van der Waals surface area contributed by atoms with Crippen molar-refractivity contribution in [1.29, 1.82) is 0 Å². The number of nitrogens with one attached hydrogen (secondary N) is 1. The number of nitrogens with zero attached hydrogens (tertiary/aromatic N) is 1. The lowest BCUT2D eigenvalue weighted by molar-refractivity contribution is 0.413. The van der Waals surface area contributed by atoms with Crippen molar-refractivity contribution in [2.45, 2.75) is 25.4 Å². The lowest BCUT2D eigenvalue weighted by atomic mass is 10.1. The van der Waals surface area contributed by atoms with E-state index in [2.05, 4.69) is 34.6 Å². The molecule has 3 nitrogen and oxygen atoms in total. The molecule has 0 saturated heterocycles. The number of aryl methyl sites for hydroxylation is 1. The summed E-state index contributed by atoms with van der Waals surface area (Å²) in [6, 6.07) is 10.9. The molecule has 3 rings (SSSR count). The molecule has 1 aromatic heterocycles. The molecule has 0 bridgehead atoms. The van der Waals surface area contributed by atoms with Crippen LogP contribution in [0.3, 0.4) is 0 Å². The third-order valence-corrected chi connectivity index (χ3v) is 3.73. The summed E-state index contributed by atoms with van der Waals surface area (Å²) in [5.74, 6) is 0.941. The van der Waals surface area contributed by atoms with Crippen molar-refractivity contribution in [3.63, 3.8) is 0 Å². The normalized spacial score (nSPS) is 17.2. The number of rotatable bonds is 4. The average Bonchev–Trinajstić information content (AvgIpc) is 2.88. The van der Waals surface area contributed by atoms with Gasteiger partial charge in [-0.15, -0.1) is 0 Å². The first-order chi connectivity index (χ1) is 9.36. The number of hydrogen-bond acceptors (Lipinski definition) is 3. The van der Waals surface area contributed by atoms with Crippen LogP contribution in [0.15, 0.2) is 42.7 Å². The van der Waals surface area contributed by atoms with Gasteiger partial charge in [0.25, 0.3) is 0 Å². The van der Waals surface area contributed by atoms with E-state index in [1.807, 2.05) is 18.5 Å². The fourth-order valence-electron chi connectivity index (χ4n) is 2.66. The van der Waals surface area contributed by atoms with Crippen LogP contribution in [-0.4, -0.2) is 12.1 Å². The van der Waals surface area contributed by atoms with Gasteiger partial charge < -0.3 is 10.1 Å². The summed E-state index contributed by atoms with van der Waals surface area (Å²) in [6.45, 7) is 0.879. The predicted molar refractivity (Wildman–Crippen MR) is 75.1 cm³/mol. The van der Waals surface area contributed by atoms with Gasteiger partial charge in [0, 0.05) is 25.0 Å². The summed E-state index contributed by atoms with van der Waals surface area (Å²) in [5, 5.41) is 3.62. The molecule has 0 saturated carbocycles. The number of pyridine rings is 1. The van der Waals surface area contributed by atoms with Gasteiger partial charge in [0.2, 0.25) is 0 Å². The van der Waals surface area contributed by atoms with E-state index >= 15 is 0 Å². The molecule has 1 atom stereocenters. The van der Waals surface area contributed by atoms with Crippen LogP contribution in [-0.2, 0) is 13.0 Å². The van der Waals surface area contributed by atoms with Gasteiger partial charge >= 0.3 is 0 Å². The van der Waals surface area contributed by atoms with Crippen molar-refractivity contribution in [2.75, 3.05) is 7.11 Å². The van der Waals surface area contributed by atoms with E-state index < -0.39 is 0 Å². The highest BCUT2D eigenvalue weighted by molar-refractivity contribution is 5.40. The van der Waals surface area contributed by atoms with Crippen molar-refractivity contribution >= 4 is 0 Å². The smallest absolute Gasteiger partial charge is 0.119 e. The lowest BCUT2D eigenvalue weighted by Crippen LogP contribution is -2.18. The van der Waals surface area contributed by atoms with Gasteiger partial charge in [0.15, 0.2) is 0 Å². The maximum atomic E-state index is 5.31. The molecule has 19 heavy (non-hydrogen) atoms. The van der Waals surface area contributed by atoms with Crippen LogP contribution in [0.5, 0.6) is 5.75 Å². The summed E-state index contributed by atoms with van der Waals surface area (Å²) >= 11 is 0. The summed E-state index contributed by atoms with van der Waals surface area (Å²) < 4.78 is 5.31. The summed E-state index contributed by atoms with van der Waals surface area (Å²) in [6.07, 6.45) is 5.98. The molecule has 0 spiro atoms. The molecule has 3 heteroatoms. The minimum atomic E-state index is 0.429. The molecule has 0 amide bonds. The Morgan fingerprint density at radius 1 is 1.26 bits per heavy atom. The van der Waals surface area contributed by atoms with E-state index in [1.54, 1.807) is 7.11 Å². The van der Waals surface area contributed by atoms with Gasteiger partial charge in [0.05, 0.1) is 7.11 Å². The quantitative estimate of drug-likeness (QED) is 0.911. The minimum absolute atomic E-state index is 0.429. The van der Waals surface area contributed by atoms with E-state index in [0.717, 1.165) is 25.1 Å². The molecule has 1 aliphatic carbocycles. The molecule has 0 aliphatic heterocycles. The largest absolute Gasteiger partial charge is 0.497 e. The van der Waals surface area contributed by atoms with Crippen molar-refractivity contribution < 1.29 is 4.74 Å². The van der Waals surface area contributed by atoms with Crippen LogP contribution in [0.1, 0.15) is 29.2 Å². The Morgan fingerprint density at radius 2 is 2.11 bits per heavy atom. The molecular formula is C16H18N2O. The van der Waals surface area contributed by atoms with Gasteiger partial charge in [-0.2, -0.15) is 0 Å². The van der Waals surface area contributed by atoms with E-state index in [9.17, 15) is 0 Å². The molecule has 1 N–H and O–H groups in total. The fraction of sp³-hybridized carbons (Fsp3) is 0.312. The van der Waals surface area contributed by atoms with Crippen LogP contribution in [0.4, 0.5) is 0 Å². The van der Waals surface area contributed by atoms with Crippen LogP contribution in [0, 0.1) is 0 Å². The van der Waals surface area contributed by atoms with Crippen LogP contribution < -0.4 is 10.1 Å². The van der Waals surface area contributed by atoms with Crippen LogP contribution in [0.25, 0.3) is 0 Å². The van der Waals surface area contributed by atoms with Gasteiger partial charge in [-0.25, -0.2) is 0 Å². The molecule has 0 radical (unpaired) electrons. The Balaban J connectivity index is 1.72.